The van der Waals surface area contributed by atoms with E-state index >= 15 is 0 Å². The van der Waals surface area contributed by atoms with Crippen LogP contribution in [0.2, 0.25) is 0 Å². The van der Waals surface area contributed by atoms with Gasteiger partial charge in [-0.1, -0.05) is 43.8 Å². The summed E-state index contributed by atoms with van der Waals surface area (Å²) in [5, 5.41) is 0. The topological polar surface area (TPSA) is 0 Å². The molecule has 0 aliphatic carbocycles. The second-order valence-corrected chi connectivity index (χ2v) is 4.46. The third kappa shape index (κ3) is 3.88. The normalized spacial score (nSPS) is 14.5. The van der Waals surface area contributed by atoms with Gasteiger partial charge in [-0.3, -0.25) is 0 Å². The molecule has 0 saturated heterocycles. The Morgan fingerprint density at radius 2 is 1.93 bits per heavy atom. The van der Waals surface area contributed by atoms with Crippen molar-refractivity contribution in [1.82, 2.24) is 0 Å². The maximum Gasteiger partial charge on any atom is 0.104 e. The van der Waals surface area contributed by atoms with Crippen LogP contribution in [-0.2, 0) is 6.54 Å². The highest BCUT2D eigenvalue weighted by atomic mass is 15.3. The third-order valence-electron chi connectivity index (χ3n) is 2.74. The molecule has 0 N–H and O–H groups in total. The zero-order valence-corrected chi connectivity index (χ0v) is 9.95. The Bertz CT molecular complexity index is 291. The van der Waals surface area contributed by atoms with Crippen LogP contribution in [0, 0.1) is 0 Å². The van der Waals surface area contributed by atoms with Gasteiger partial charge in [-0.2, -0.15) is 0 Å². The fraction of sp³-hybridized carbons (Fsp3) is 0.429. The van der Waals surface area contributed by atoms with Gasteiger partial charge in [0.25, 0.3) is 0 Å². The van der Waals surface area contributed by atoms with Crippen molar-refractivity contribution < 1.29 is 4.48 Å². The number of quaternary nitrogens is 1. The van der Waals surface area contributed by atoms with E-state index in [-0.39, 0.29) is 0 Å². The third-order valence-corrected chi connectivity index (χ3v) is 2.74. The lowest BCUT2D eigenvalue weighted by atomic mass is 10.2. The van der Waals surface area contributed by atoms with Crippen LogP contribution in [0.1, 0.15) is 18.9 Å². The molecule has 0 aliphatic heterocycles. The molecule has 15 heavy (non-hydrogen) atoms. The molecule has 1 rings (SSSR count). The molecule has 1 unspecified atom stereocenters. The van der Waals surface area contributed by atoms with Gasteiger partial charge in [0, 0.05) is 5.56 Å². The second kappa shape index (κ2) is 5.72. The van der Waals surface area contributed by atoms with Gasteiger partial charge in [0.2, 0.25) is 0 Å². The molecule has 0 saturated carbocycles. The summed E-state index contributed by atoms with van der Waals surface area (Å²) in [6.45, 7) is 9.45. The van der Waals surface area contributed by atoms with Crippen molar-refractivity contribution in [2.75, 3.05) is 20.1 Å². The molecule has 1 aromatic rings. The molecule has 0 bridgehead atoms. The molecule has 0 heterocycles. The Morgan fingerprint density at radius 3 is 2.47 bits per heavy atom. The summed E-state index contributed by atoms with van der Waals surface area (Å²) in [5.41, 5.74) is 1.41. The molecule has 0 aromatic heterocycles. The summed E-state index contributed by atoms with van der Waals surface area (Å²) in [4.78, 5) is 0. The predicted molar refractivity (Wildman–Crippen MR) is 66.6 cm³/mol. The van der Waals surface area contributed by atoms with Crippen molar-refractivity contribution in [2.45, 2.75) is 19.9 Å². The number of benzene rings is 1. The molecule has 0 radical (unpaired) electrons. The molecule has 0 spiro atoms. The Hall–Kier alpha value is -1.08. The predicted octanol–water partition coefficient (Wildman–Crippen LogP) is 3.23. The van der Waals surface area contributed by atoms with Crippen LogP contribution >= 0.6 is 0 Å². The summed E-state index contributed by atoms with van der Waals surface area (Å²) >= 11 is 0. The SMILES string of the molecule is C=CC[N+](C)(CCC)Cc1ccccc1. The van der Waals surface area contributed by atoms with Crippen molar-refractivity contribution >= 4 is 0 Å². The summed E-state index contributed by atoms with van der Waals surface area (Å²) in [7, 11) is 2.30. The van der Waals surface area contributed by atoms with E-state index in [1.807, 2.05) is 6.08 Å². The number of nitrogens with zero attached hydrogens (tertiary/aromatic N) is 1. The lowest BCUT2D eigenvalue weighted by Gasteiger charge is -2.33. The van der Waals surface area contributed by atoms with Crippen LogP contribution in [0.15, 0.2) is 43.0 Å². The number of likely N-dealkylation sites (N-methyl/N-ethyl adjacent to an activating group) is 1. The number of hydrogen-bond donors (Lipinski definition) is 0. The summed E-state index contributed by atoms with van der Waals surface area (Å²) in [6.07, 6.45) is 3.25. The van der Waals surface area contributed by atoms with Gasteiger partial charge in [-0.25, -0.2) is 0 Å². The average molecular weight is 204 g/mol. The summed E-state index contributed by atoms with van der Waals surface area (Å²) < 4.78 is 1.06. The first kappa shape index (κ1) is 12.0. The Labute approximate surface area is 93.6 Å². The molecule has 1 atom stereocenters. The van der Waals surface area contributed by atoms with Crippen molar-refractivity contribution in [3.8, 4) is 0 Å². The molecule has 1 aromatic carbocycles. The van der Waals surface area contributed by atoms with E-state index < -0.39 is 0 Å². The zero-order valence-electron chi connectivity index (χ0n) is 9.95. The highest BCUT2D eigenvalue weighted by Gasteiger charge is 2.18. The standard InChI is InChI=1S/C14H22N/c1-4-11-15(3,12-5-2)13-14-9-7-6-8-10-14/h4,6-10H,1,5,11-13H2,2-3H3/q+1. The van der Waals surface area contributed by atoms with E-state index in [0.29, 0.717) is 0 Å². The molecule has 0 amide bonds. The van der Waals surface area contributed by atoms with Gasteiger partial charge in [0.15, 0.2) is 0 Å². The molecule has 82 valence electrons. The first-order chi connectivity index (χ1) is 7.20. The van der Waals surface area contributed by atoms with Gasteiger partial charge in [-0.15, -0.1) is 0 Å². The maximum absolute atomic E-state index is 3.85. The van der Waals surface area contributed by atoms with Gasteiger partial charge >= 0.3 is 0 Å². The van der Waals surface area contributed by atoms with Crippen LogP contribution in [0.5, 0.6) is 0 Å². The minimum Gasteiger partial charge on any atom is -0.319 e. The van der Waals surface area contributed by atoms with Crippen molar-refractivity contribution in [3.63, 3.8) is 0 Å². The smallest absolute Gasteiger partial charge is 0.104 e. The molecule has 0 aliphatic rings. The Kier molecular flexibility index (Phi) is 4.57. The van der Waals surface area contributed by atoms with Crippen LogP contribution in [0.25, 0.3) is 0 Å². The number of rotatable bonds is 6. The first-order valence-electron chi connectivity index (χ1n) is 5.68. The van der Waals surface area contributed by atoms with Crippen molar-refractivity contribution in [2.24, 2.45) is 0 Å². The van der Waals surface area contributed by atoms with Crippen LogP contribution in [-0.4, -0.2) is 24.6 Å². The minimum atomic E-state index is 1.04. The summed E-state index contributed by atoms with van der Waals surface area (Å²) in [5.74, 6) is 0. The first-order valence-corrected chi connectivity index (χ1v) is 5.68. The minimum absolute atomic E-state index is 1.04. The lowest BCUT2D eigenvalue weighted by molar-refractivity contribution is -0.917. The quantitative estimate of drug-likeness (QED) is 0.493. The van der Waals surface area contributed by atoms with Crippen LogP contribution in [0.3, 0.4) is 0 Å². The highest BCUT2D eigenvalue weighted by molar-refractivity contribution is 5.13. The monoisotopic (exact) mass is 204 g/mol. The van der Waals surface area contributed by atoms with Crippen molar-refractivity contribution in [3.05, 3.63) is 48.6 Å². The summed E-state index contributed by atoms with van der Waals surface area (Å²) in [6, 6.07) is 10.7. The largest absolute Gasteiger partial charge is 0.319 e. The molecule has 0 fully saturated rings. The van der Waals surface area contributed by atoms with Gasteiger partial charge in [0.1, 0.15) is 6.54 Å². The number of hydrogen-bond acceptors (Lipinski definition) is 0. The second-order valence-electron chi connectivity index (χ2n) is 4.46. The average Bonchev–Trinajstić information content (AvgIpc) is 2.19. The van der Waals surface area contributed by atoms with Gasteiger partial charge in [-0.05, 0) is 12.5 Å². The van der Waals surface area contributed by atoms with Crippen LogP contribution in [0.4, 0.5) is 0 Å². The van der Waals surface area contributed by atoms with E-state index in [1.54, 1.807) is 0 Å². The van der Waals surface area contributed by atoms with E-state index in [9.17, 15) is 0 Å². The zero-order chi connectivity index (χ0) is 11.1. The molecule has 1 nitrogen and oxygen atoms in total. The van der Waals surface area contributed by atoms with E-state index in [0.717, 1.165) is 17.6 Å². The van der Waals surface area contributed by atoms with Crippen molar-refractivity contribution in [1.29, 1.82) is 0 Å². The fourth-order valence-corrected chi connectivity index (χ4v) is 2.11. The molecular formula is C14H22N+. The molecule has 1 heteroatoms. The maximum atomic E-state index is 3.85. The van der Waals surface area contributed by atoms with Gasteiger partial charge in [0.05, 0.1) is 20.1 Å². The fourth-order valence-electron chi connectivity index (χ4n) is 2.11. The molecular weight excluding hydrogens is 182 g/mol. The van der Waals surface area contributed by atoms with Crippen LogP contribution < -0.4 is 0 Å². The Balaban J connectivity index is 2.70. The highest BCUT2D eigenvalue weighted by Crippen LogP contribution is 2.12. The van der Waals surface area contributed by atoms with E-state index in [1.165, 1.54) is 18.5 Å². The lowest BCUT2D eigenvalue weighted by Crippen LogP contribution is -2.43. The van der Waals surface area contributed by atoms with E-state index in [2.05, 4.69) is 50.9 Å². The van der Waals surface area contributed by atoms with E-state index in [4.69, 9.17) is 0 Å². The Morgan fingerprint density at radius 1 is 1.27 bits per heavy atom. The van der Waals surface area contributed by atoms with Gasteiger partial charge < -0.3 is 4.48 Å².